The molecule has 0 heterocycles. The minimum atomic E-state index is -0.438. The normalized spacial score (nSPS) is 11.9. The molecule has 5 heteroatoms. The Morgan fingerprint density at radius 3 is 2.37 bits per heavy atom. The van der Waals surface area contributed by atoms with Crippen LogP contribution in [0.3, 0.4) is 0 Å². The first-order chi connectivity index (χ1) is 13.0. The Hall–Kier alpha value is -2.85. The highest BCUT2D eigenvalue weighted by atomic mass is 35.5. The van der Waals surface area contributed by atoms with Crippen LogP contribution in [0.25, 0.3) is 10.8 Å². The molecule has 0 radical (unpaired) electrons. The van der Waals surface area contributed by atoms with E-state index in [1.165, 1.54) is 0 Å². The summed E-state index contributed by atoms with van der Waals surface area (Å²) in [5.74, 6) is -0.571. The Kier molecular flexibility index (Phi) is 5.77. The first-order valence-electron chi connectivity index (χ1n) is 8.73. The van der Waals surface area contributed by atoms with Crippen LogP contribution in [0.1, 0.15) is 22.3 Å². The minimum Gasteiger partial charge on any atom is -0.370 e. The molecule has 1 unspecified atom stereocenters. The van der Waals surface area contributed by atoms with Crippen molar-refractivity contribution in [2.45, 2.75) is 18.9 Å². The molecule has 3 aromatic carbocycles. The minimum absolute atomic E-state index is 0.0929. The van der Waals surface area contributed by atoms with Gasteiger partial charge in [-0.05, 0) is 41.0 Å². The predicted molar refractivity (Wildman–Crippen MR) is 109 cm³/mol. The average molecular weight is 381 g/mol. The molecule has 0 saturated carbocycles. The largest absolute Gasteiger partial charge is 0.370 e. The van der Waals surface area contributed by atoms with E-state index >= 15 is 0 Å². The summed E-state index contributed by atoms with van der Waals surface area (Å²) in [7, 11) is 1.72. The van der Waals surface area contributed by atoms with E-state index in [9.17, 15) is 9.59 Å². The molecule has 0 aromatic heterocycles. The number of nitrogens with two attached hydrogens (primary N) is 1. The molecule has 0 spiro atoms. The van der Waals surface area contributed by atoms with Gasteiger partial charge in [-0.3, -0.25) is 9.59 Å². The number of likely N-dealkylation sites (N-methyl/N-ethyl adjacent to an activating group) is 1. The fraction of sp³-hybridized carbons (Fsp3) is 0.182. The number of carbonyl (C=O) groups is 2. The van der Waals surface area contributed by atoms with E-state index in [1.54, 1.807) is 24.1 Å². The Balaban J connectivity index is 1.90. The maximum Gasteiger partial charge on any atom is 0.254 e. The van der Waals surface area contributed by atoms with Crippen molar-refractivity contribution in [3.05, 3.63) is 82.9 Å². The molecule has 1 atom stereocenters. The van der Waals surface area contributed by atoms with Gasteiger partial charge in [0.05, 0.1) is 0 Å². The highest BCUT2D eigenvalue weighted by molar-refractivity contribution is 6.30. The van der Waals surface area contributed by atoms with Crippen LogP contribution in [0.5, 0.6) is 0 Å². The third kappa shape index (κ3) is 4.47. The van der Waals surface area contributed by atoms with Gasteiger partial charge in [0.2, 0.25) is 5.91 Å². The van der Waals surface area contributed by atoms with Gasteiger partial charge in [-0.2, -0.15) is 0 Å². The second-order valence-electron chi connectivity index (χ2n) is 6.60. The van der Waals surface area contributed by atoms with E-state index in [0.717, 1.165) is 16.3 Å². The lowest BCUT2D eigenvalue weighted by Crippen LogP contribution is -2.41. The highest BCUT2D eigenvalue weighted by Gasteiger charge is 2.24. The molecule has 2 N–H and O–H groups in total. The molecule has 27 heavy (non-hydrogen) atoms. The van der Waals surface area contributed by atoms with Gasteiger partial charge >= 0.3 is 0 Å². The Labute approximate surface area is 163 Å². The lowest BCUT2D eigenvalue weighted by atomic mass is 9.99. The van der Waals surface area contributed by atoms with Crippen molar-refractivity contribution in [1.82, 2.24) is 4.90 Å². The second kappa shape index (κ2) is 8.23. The zero-order valence-corrected chi connectivity index (χ0v) is 15.8. The lowest BCUT2D eigenvalue weighted by molar-refractivity contribution is -0.118. The van der Waals surface area contributed by atoms with Gasteiger partial charge in [0.1, 0.15) is 0 Å². The molecule has 0 bridgehead atoms. The van der Waals surface area contributed by atoms with E-state index in [4.69, 9.17) is 17.3 Å². The first-order valence-corrected chi connectivity index (χ1v) is 9.11. The average Bonchev–Trinajstić information content (AvgIpc) is 2.67. The van der Waals surface area contributed by atoms with Gasteiger partial charge in [-0.1, -0.05) is 60.1 Å². The number of carbonyl (C=O) groups excluding carboxylic acids is 2. The molecule has 138 valence electrons. The third-order valence-corrected chi connectivity index (χ3v) is 4.96. The van der Waals surface area contributed by atoms with Crippen LogP contribution in [0.4, 0.5) is 0 Å². The lowest BCUT2D eigenvalue weighted by Gasteiger charge is -2.28. The van der Waals surface area contributed by atoms with E-state index in [0.29, 0.717) is 17.0 Å². The summed E-state index contributed by atoms with van der Waals surface area (Å²) < 4.78 is 0. The number of primary amides is 1. The molecule has 0 saturated heterocycles. The van der Waals surface area contributed by atoms with Gasteiger partial charge in [0.25, 0.3) is 5.91 Å². The van der Waals surface area contributed by atoms with Crippen LogP contribution in [-0.2, 0) is 11.2 Å². The standard InChI is InChI=1S/C22H21ClN2O2/c1-25(18(14-21(24)26)13-15-9-11-17(23)12-10-15)22(27)20-8-4-6-16-5-2-3-7-19(16)20/h2-12,18H,13-14H2,1H3,(H2,24,26). The summed E-state index contributed by atoms with van der Waals surface area (Å²) in [6.07, 6.45) is 0.614. The third-order valence-electron chi connectivity index (χ3n) is 4.71. The molecular formula is C22H21ClN2O2. The summed E-state index contributed by atoms with van der Waals surface area (Å²) in [6.45, 7) is 0. The van der Waals surface area contributed by atoms with Crippen LogP contribution in [0.15, 0.2) is 66.7 Å². The van der Waals surface area contributed by atoms with Crippen LogP contribution < -0.4 is 5.73 Å². The van der Waals surface area contributed by atoms with Crippen molar-refractivity contribution >= 4 is 34.2 Å². The van der Waals surface area contributed by atoms with E-state index in [-0.39, 0.29) is 18.4 Å². The molecule has 3 rings (SSSR count). The highest BCUT2D eigenvalue weighted by Crippen LogP contribution is 2.22. The van der Waals surface area contributed by atoms with Crippen LogP contribution in [0.2, 0.25) is 5.02 Å². The molecule has 0 aliphatic heterocycles. The van der Waals surface area contributed by atoms with E-state index < -0.39 is 5.91 Å². The second-order valence-corrected chi connectivity index (χ2v) is 7.03. The quantitative estimate of drug-likeness (QED) is 0.701. The SMILES string of the molecule is CN(C(=O)c1cccc2ccccc12)C(CC(N)=O)Cc1ccc(Cl)cc1. The van der Waals surface area contributed by atoms with Crippen molar-refractivity contribution in [2.75, 3.05) is 7.05 Å². The molecule has 0 fully saturated rings. The molecule has 2 amide bonds. The number of halogens is 1. The smallest absolute Gasteiger partial charge is 0.254 e. The zero-order valence-electron chi connectivity index (χ0n) is 15.1. The Morgan fingerprint density at radius 1 is 1.00 bits per heavy atom. The van der Waals surface area contributed by atoms with Gasteiger partial charge in [0, 0.05) is 30.1 Å². The van der Waals surface area contributed by atoms with Gasteiger partial charge in [0.15, 0.2) is 0 Å². The number of fused-ring (bicyclic) bond motifs is 1. The monoisotopic (exact) mass is 380 g/mol. The number of rotatable bonds is 6. The topological polar surface area (TPSA) is 63.4 Å². The van der Waals surface area contributed by atoms with Crippen molar-refractivity contribution in [1.29, 1.82) is 0 Å². The van der Waals surface area contributed by atoms with Gasteiger partial charge in [-0.15, -0.1) is 0 Å². The summed E-state index contributed by atoms with van der Waals surface area (Å²) in [4.78, 5) is 26.4. The predicted octanol–water partition coefficient (Wildman–Crippen LogP) is 4.05. The number of amides is 2. The Bertz CT molecular complexity index is 964. The molecular weight excluding hydrogens is 360 g/mol. The number of hydrogen-bond acceptors (Lipinski definition) is 2. The van der Waals surface area contributed by atoms with Crippen molar-refractivity contribution < 1.29 is 9.59 Å². The Morgan fingerprint density at radius 2 is 1.67 bits per heavy atom. The molecule has 3 aromatic rings. The van der Waals surface area contributed by atoms with Crippen molar-refractivity contribution in [3.8, 4) is 0 Å². The van der Waals surface area contributed by atoms with Crippen LogP contribution in [0, 0.1) is 0 Å². The summed E-state index contributed by atoms with van der Waals surface area (Å²) in [6, 6.07) is 20.4. The van der Waals surface area contributed by atoms with E-state index in [1.807, 2.05) is 54.6 Å². The molecule has 0 aliphatic carbocycles. The fourth-order valence-corrected chi connectivity index (χ4v) is 3.36. The fourth-order valence-electron chi connectivity index (χ4n) is 3.24. The van der Waals surface area contributed by atoms with Crippen LogP contribution >= 0.6 is 11.6 Å². The number of hydrogen-bond donors (Lipinski definition) is 1. The summed E-state index contributed by atoms with van der Waals surface area (Å²) >= 11 is 5.94. The number of nitrogens with zero attached hydrogens (tertiary/aromatic N) is 1. The van der Waals surface area contributed by atoms with Crippen LogP contribution in [-0.4, -0.2) is 29.8 Å². The summed E-state index contributed by atoms with van der Waals surface area (Å²) in [5.41, 5.74) is 7.04. The molecule has 4 nitrogen and oxygen atoms in total. The van der Waals surface area contributed by atoms with Gasteiger partial charge in [-0.25, -0.2) is 0 Å². The van der Waals surface area contributed by atoms with E-state index in [2.05, 4.69) is 0 Å². The maximum atomic E-state index is 13.2. The first kappa shape index (κ1) is 18.9. The number of benzene rings is 3. The summed E-state index contributed by atoms with van der Waals surface area (Å²) in [5, 5.41) is 2.53. The zero-order chi connectivity index (χ0) is 19.4. The van der Waals surface area contributed by atoms with Crippen molar-refractivity contribution in [3.63, 3.8) is 0 Å². The molecule has 0 aliphatic rings. The van der Waals surface area contributed by atoms with Crippen molar-refractivity contribution in [2.24, 2.45) is 5.73 Å². The van der Waals surface area contributed by atoms with Gasteiger partial charge < -0.3 is 10.6 Å². The maximum absolute atomic E-state index is 13.2.